The van der Waals surface area contributed by atoms with Gasteiger partial charge in [-0.2, -0.15) is 0 Å². The molecule has 0 amide bonds. The fourth-order valence-electron chi connectivity index (χ4n) is 1.38. The maximum Gasteiger partial charge on any atom is 0.111 e. The van der Waals surface area contributed by atoms with E-state index in [9.17, 15) is 0 Å². The van der Waals surface area contributed by atoms with Gasteiger partial charge in [0.25, 0.3) is 0 Å². The smallest absolute Gasteiger partial charge is 0.111 e. The molecule has 0 fully saturated rings. The lowest BCUT2D eigenvalue weighted by Gasteiger charge is -2.05. The molecule has 0 spiro atoms. The van der Waals surface area contributed by atoms with Gasteiger partial charge < -0.3 is 18.9 Å². The second kappa shape index (κ2) is 12.3. The van der Waals surface area contributed by atoms with E-state index < -0.39 is 0 Å². The standard InChI is InChI=1S/C16H22O4/c1-2-17-10-11-19-14-15-20-13-12-18-9-8-16-6-4-3-5-7-16/h2-9H,1,10-15H2. The first kappa shape index (κ1) is 16.3. The quantitative estimate of drug-likeness (QED) is 0.435. The molecule has 0 aliphatic carbocycles. The fraction of sp³-hybridized carbons (Fsp3) is 0.375. The normalized spacial score (nSPS) is 10.6. The first-order chi connectivity index (χ1) is 9.93. The van der Waals surface area contributed by atoms with Gasteiger partial charge in [0.1, 0.15) is 13.2 Å². The van der Waals surface area contributed by atoms with Crippen LogP contribution < -0.4 is 0 Å². The lowest BCUT2D eigenvalue weighted by atomic mass is 10.2. The molecule has 0 saturated carbocycles. The number of ether oxygens (including phenoxy) is 4. The van der Waals surface area contributed by atoms with Crippen molar-refractivity contribution >= 4 is 6.08 Å². The Hall–Kier alpha value is -1.78. The van der Waals surface area contributed by atoms with Gasteiger partial charge in [0.2, 0.25) is 0 Å². The number of hydrogen-bond acceptors (Lipinski definition) is 4. The highest BCUT2D eigenvalue weighted by Gasteiger charge is 1.90. The highest BCUT2D eigenvalue weighted by Crippen LogP contribution is 2.00. The van der Waals surface area contributed by atoms with Gasteiger partial charge in [0.05, 0.1) is 39.0 Å². The molecule has 0 bridgehead atoms. The SMILES string of the molecule is C=COCCOCCOCCOC=Cc1ccccc1. The van der Waals surface area contributed by atoms with Crippen LogP contribution in [0.15, 0.2) is 49.4 Å². The predicted octanol–water partition coefficient (Wildman–Crippen LogP) is 2.87. The molecule has 0 aliphatic heterocycles. The van der Waals surface area contributed by atoms with Crippen molar-refractivity contribution in [3.8, 4) is 0 Å². The van der Waals surface area contributed by atoms with Crippen molar-refractivity contribution in [2.45, 2.75) is 0 Å². The first-order valence-corrected chi connectivity index (χ1v) is 6.64. The highest BCUT2D eigenvalue weighted by atomic mass is 16.5. The average molecular weight is 278 g/mol. The lowest BCUT2D eigenvalue weighted by molar-refractivity contribution is 0.0187. The summed E-state index contributed by atoms with van der Waals surface area (Å²) in [7, 11) is 0. The van der Waals surface area contributed by atoms with Gasteiger partial charge in [-0.25, -0.2) is 0 Å². The minimum absolute atomic E-state index is 0.525. The fourth-order valence-corrected chi connectivity index (χ4v) is 1.38. The number of rotatable bonds is 12. The van der Waals surface area contributed by atoms with Crippen LogP contribution in [0.5, 0.6) is 0 Å². The third kappa shape index (κ3) is 9.19. The Morgan fingerprint density at radius 1 is 0.800 bits per heavy atom. The largest absolute Gasteiger partial charge is 0.499 e. The van der Waals surface area contributed by atoms with Gasteiger partial charge in [0.15, 0.2) is 0 Å². The molecule has 20 heavy (non-hydrogen) atoms. The van der Waals surface area contributed by atoms with Crippen LogP contribution in [0, 0.1) is 0 Å². The molecule has 0 heterocycles. The van der Waals surface area contributed by atoms with E-state index in [0.29, 0.717) is 39.6 Å². The summed E-state index contributed by atoms with van der Waals surface area (Å²) in [6, 6.07) is 10.00. The van der Waals surface area contributed by atoms with E-state index in [1.165, 1.54) is 6.26 Å². The zero-order valence-corrected chi connectivity index (χ0v) is 11.7. The van der Waals surface area contributed by atoms with Crippen LogP contribution in [-0.4, -0.2) is 39.6 Å². The molecule has 0 aliphatic rings. The van der Waals surface area contributed by atoms with Gasteiger partial charge in [-0.3, -0.25) is 0 Å². The molecule has 0 saturated heterocycles. The second-order valence-corrected chi connectivity index (χ2v) is 3.85. The summed E-state index contributed by atoms with van der Waals surface area (Å²) in [5.74, 6) is 0. The lowest BCUT2D eigenvalue weighted by Crippen LogP contribution is -2.10. The highest BCUT2D eigenvalue weighted by molar-refractivity contribution is 5.47. The molecule has 0 unspecified atom stereocenters. The summed E-state index contributed by atoms with van der Waals surface area (Å²) < 4.78 is 20.8. The molecule has 0 aromatic heterocycles. The molecule has 1 rings (SSSR count). The molecule has 1 aromatic rings. The Morgan fingerprint density at radius 3 is 2.05 bits per heavy atom. The third-order valence-corrected chi connectivity index (χ3v) is 2.34. The minimum atomic E-state index is 0.525. The predicted molar refractivity (Wildman–Crippen MR) is 79.2 cm³/mol. The van der Waals surface area contributed by atoms with E-state index in [2.05, 4.69) is 6.58 Å². The van der Waals surface area contributed by atoms with Crippen molar-refractivity contribution in [1.29, 1.82) is 0 Å². The van der Waals surface area contributed by atoms with Crippen LogP contribution in [0.4, 0.5) is 0 Å². The van der Waals surface area contributed by atoms with Crippen LogP contribution in [-0.2, 0) is 18.9 Å². The Morgan fingerprint density at radius 2 is 1.40 bits per heavy atom. The van der Waals surface area contributed by atoms with Gasteiger partial charge in [0, 0.05) is 0 Å². The molecular weight excluding hydrogens is 256 g/mol. The Bertz CT molecular complexity index is 362. The zero-order valence-electron chi connectivity index (χ0n) is 11.7. The van der Waals surface area contributed by atoms with Crippen LogP contribution in [0.1, 0.15) is 5.56 Å². The van der Waals surface area contributed by atoms with Gasteiger partial charge in [-0.15, -0.1) is 0 Å². The molecule has 1 aromatic carbocycles. The Balaban J connectivity index is 1.85. The van der Waals surface area contributed by atoms with E-state index >= 15 is 0 Å². The summed E-state index contributed by atoms with van der Waals surface area (Å²) in [6.45, 7) is 6.70. The van der Waals surface area contributed by atoms with E-state index in [-0.39, 0.29) is 0 Å². The monoisotopic (exact) mass is 278 g/mol. The van der Waals surface area contributed by atoms with E-state index in [0.717, 1.165) is 5.56 Å². The van der Waals surface area contributed by atoms with Crippen molar-refractivity contribution in [2.75, 3.05) is 39.6 Å². The summed E-state index contributed by atoms with van der Waals surface area (Å²) >= 11 is 0. The summed E-state index contributed by atoms with van der Waals surface area (Å²) in [4.78, 5) is 0. The van der Waals surface area contributed by atoms with Crippen molar-refractivity contribution in [2.24, 2.45) is 0 Å². The third-order valence-electron chi connectivity index (χ3n) is 2.34. The van der Waals surface area contributed by atoms with E-state index in [1.54, 1.807) is 6.26 Å². The Labute approximate surface area is 120 Å². The number of hydrogen-bond donors (Lipinski definition) is 0. The molecule has 0 radical (unpaired) electrons. The molecule has 4 nitrogen and oxygen atoms in total. The molecule has 0 N–H and O–H groups in total. The second-order valence-electron chi connectivity index (χ2n) is 3.85. The first-order valence-electron chi connectivity index (χ1n) is 6.64. The van der Waals surface area contributed by atoms with Crippen molar-refractivity contribution in [3.63, 3.8) is 0 Å². The summed E-state index contributed by atoms with van der Waals surface area (Å²) in [5, 5.41) is 0. The number of benzene rings is 1. The van der Waals surface area contributed by atoms with Crippen molar-refractivity contribution < 1.29 is 18.9 Å². The maximum absolute atomic E-state index is 5.35. The minimum Gasteiger partial charge on any atom is -0.499 e. The molecule has 4 heteroatoms. The summed E-state index contributed by atoms with van der Waals surface area (Å²) in [6.07, 6.45) is 5.00. The topological polar surface area (TPSA) is 36.9 Å². The molecule has 110 valence electrons. The van der Waals surface area contributed by atoms with Gasteiger partial charge in [-0.05, 0) is 11.6 Å². The van der Waals surface area contributed by atoms with Crippen molar-refractivity contribution in [1.82, 2.24) is 0 Å². The average Bonchev–Trinajstić information content (AvgIpc) is 2.49. The van der Waals surface area contributed by atoms with Crippen LogP contribution in [0.2, 0.25) is 0 Å². The van der Waals surface area contributed by atoms with Crippen molar-refractivity contribution in [3.05, 3.63) is 55.0 Å². The summed E-state index contributed by atoms with van der Waals surface area (Å²) in [5.41, 5.74) is 1.11. The van der Waals surface area contributed by atoms with Crippen LogP contribution in [0.3, 0.4) is 0 Å². The molecular formula is C16H22O4. The van der Waals surface area contributed by atoms with E-state index in [1.807, 2.05) is 36.4 Å². The maximum atomic E-state index is 5.35. The zero-order chi connectivity index (χ0) is 14.3. The van der Waals surface area contributed by atoms with Gasteiger partial charge >= 0.3 is 0 Å². The van der Waals surface area contributed by atoms with Crippen LogP contribution >= 0.6 is 0 Å². The van der Waals surface area contributed by atoms with Crippen LogP contribution in [0.25, 0.3) is 6.08 Å². The molecule has 0 atom stereocenters. The van der Waals surface area contributed by atoms with Gasteiger partial charge in [-0.1, -0.05) is 36.9 Å². The Kier molecular flexibility index (Phi) is 9.98. The van der Waals surface area contributed by atoms with E-state index in [4.69, 9.17) is 18.9 Å².